The Labute approximate surface area is 63.7 Å². The van der Waals surface area contributed by atoms with Crippen molar-refractivity contribution in [2.45, 2.75) is 0 Å². The van der Waals surface area contributed by atoms with Gasteiger partial charge in [0, 0.05) is 6.07 Å². The zero-order valence-corrected chi connectivity index (χ0v) is 5.89. The third-order valence-electron chi connectivity index (χ3n) is 1.13. The van der Waals surface area contributed by atoms with E-state index in [0.29, 0.717) is 5.56 Å². The summed E-state index contributed by atoms with van der Waals surface area (Å²) in [6.45, 7) is 3.45. The minimum atomic E-state index is -0.0838. The molecule has 0 aliphatic heterocycles. The highest BCUT2D eigenvalue weighted by Gasteiger charge is 2.02. The molecule has 1 radical (unpaired) electrons. The molecule has 1 aromatic carbocycles. The minimum Gasteiger partial charge on any atom is -0.508 e. The molecule has 2 N–H and O–H groups in total. The van der Waals surface area contributed by atoms with Crippen molar-refractivity contribution in [1.29, 1.82) is 0 Å². The third kappa shape index (κ3) is 1.16. The first-order valence-electron chi connectivity index (χ1n) is 2.64. The van der Waals surface area contributed by atoms with E-state index in [9.17, 15) is 0 Å². The summed E-state index contributed by atoms with van der Waals surface area (Å²) in [4.78, 5) is 0. The molecule has 0 atom stereocenters. The van der Waals surface area contributed by atoms with E-state index in [-0.39, 0.29) is 16.5 Å². The van der Waals surface area contributed by atoms with Gasteiger partial charge in [-0.2, -0.15) is 0 Å². The van der Waals surface area contributed by atoms with Crippen LogP contribution in [0.2, 0.25) is 5.02 Å². The van der Waals surface area contributed by atoms with Gasteiger partial charge < -0.3 is 10.2 Å². The lowest BCUT2D eigenvalue weighted by atomic mass is 10.2. The van der Waals surface area contributed by atoms with E-state index >= 15 is 0 Å². The number of halogens is 1. The number of hydrogen-bond acceptors (Lipinski definition) is 2. The first-order chi connectivity index (χ1) is 4.61. The van der Waals surface area contributed by atoms with Gasteiger partial charge in [0.05, 0.1) is 5.02 Å². The average molecular weight is 158 g/mol. The van der Waals surface area contributed by atoms with Gasteiger partial charge in [0.2, 0.25) is 0 Å². The molecular formula is C7H6ClO2. The highest BCUT2D eigenvalue weighted by Crippen LogP contribution is 2.30. The normalized spacial score (nSPS) is 9.80. The quantitative estimate of drug-likeness (QED) is 0.565. The molecule has 0 unspecified atom stereocenters. The van der Waals surface area contributed by atoms with Crippen LogP contribution in [0.4, 0.5) is 0 Å². The molecule has 0 aromatic heterocycles. The molecule has 0 fully saturated rings. The summed E-state index contributed by atoms with van der Waals surface area (Å²) in [6.07, 6.45) is 0. The van der Waals surface area contributed by atoms with Crippen LogP contribution in [0.15, 0.2) is 12.1 Å². The van der Waals surface area contributed by atoms with E-state index in [1.807, 2.05) is 0 Å². The molecule has 0 heterocycles. The van der Waals surface area contributed by atoms with Gasteiger partial charge in [-0.15, -0.1) is 0 Å². The van der Waals surface area contributed by atoms with E-state index in [4.69, 9.17) is 21.8 Å². The molecule has 0 aliphatic carbocycles. The molecule has 0 spiro atoms. The predicted octanol–water partition coefficient (Wildman–Crippen LogP) is 1.93. The van der Waals surface area contributed by atoms with Crippen molar-refractivity contribution in [1.82, 2.24) is 0 Å². The Morgan fingerprint density at radius 2 is 1.90 bits per heavy atom. The Kier molecular flexibility index (Phi) is 1.72. The van der Waals surface area contributed by atoms with Crippen LogP contribution in [-0.4, -0.2) is 10.2 Å². The van der Waals surface area contributed by atoms with Gasteiger partial charge in [0.25, 0.3) is 0 Å². The molecule has 0 amide bonds. The highest BCUT2D eigenvalue weighted by atomic mass is 35.5. The van der Waals surface area contributed by atoms with Crippen LogP contribution in [0.1, 0.15) is 5.56 Å². The van der Waals surface area contributed by atoms with Crippen molar-refractivity contribution >= 4 is 11.6 Å². The summed E-state index contributed by atoms with van der Waals surface area (Å²) in [7, 11) is 0. The van der Waals surface area contributed by atoms with Crippen LogP contribution >= 0.6 is 11.6 Å². The Hall–Kier alpha value is -0.890. The standard InChI is InChI=1S/C7H6ClO2/c1-4-2-5(9)3-6(8)7(4)10/h2-3,9-10H,1H2. The van der Waals surface area contributed by atoms with Crippen molar-refractivity contribution in [2.75, 3.05) is 0 Å². The zero-order chi connectivity index (χ0) is 7.72. The molecule has 53 valence electrons. The van der Waals surface area contributed by atoms with Crippen molar-refractivity contribution in [3.8, 4) is 11.5 Å². The van der Waals surface area contributed by atoms with Crippen LogP contribution in [0, 0.1) is 6.92 Å². The lowest BCUT2D eigenvalue weighted by molar-refractivity contribution is 0.458. The molecule has 0 saturated heterocycles. The Morgan fingerprint density at radius 1 is 1.30 bits per heavy atom. The van der Waals surface area contributed by atoms with Crippen molar-refractivity contribution in [2.24, 2.45) is 0 Å². The second-order valence-electron chi connectivity index (χ2n) is 1.94. The van der Waals surface area contributed by atoms with Crippen LogP contribution in [0.25, 0.3) is 0 Å². The van der Waals surface area contributed by atoms with Gasteiger partial charge in [-0.1, -0.05) is 11.6 Å². The van der Waals surface area contributed by atoms with Gasteiger partial charge in [-0.25, -0.2) is 0 Å². The van der Waals surface area contributed by atoms with Crippen LogP contribution in [-0.2, 0) is 0 Å². The fourth-order valence-electron chi connectivity index (χ4n) is 0.640. The molecule has 1 rings (SSSR count). The Balaban J connectivity index is 3.31. The second-order valence-corrected chi connectivity index (χ2v) is 2.34. The monoisotopic (exact) mass is 157 g/mol. The number of rotatable bonds is 0. The topological polar surface area (TPSA) is 40.5 Å². The third-order valence-corrected chi connectivity index (χ3v) is 1.42. The predicted molar refractivity (Wildman–Crippen MR) is 39.2 cm³/mol. The van der Waals surface area contributed by atoms with Gasteiger partial charge >= 0.3 is 0 Å². The number of phenolic OH excluding ortho intramolecular Hbond substituents is 2. The maximum absolute atomic E-state index is 9.03. The molecule has 0 saturated carbocycles. The van der Waals surface area contributed by atoms with Crippen LogP contribution in [0.3, 0.4) is 0 Å². The minimum absolute atomic E-state index is 0.00722. The first-order valence-corrected chi connectivity index (χ1v) is 3.02. The largest absolute Gasteiger partial charge is 0.508 e. The molecule has 10 heavy (non-hydrogen) atoms. The number of aromatic hydroxyl groups is 2. The summed E-state index contributed by atoms with van der Waals surface area (Å²) in [6, 6.07) is 2.59. The molecule has 3 heteroatoms. The van der Waals surface area contributed by atoms with E-state index in [0.717, 1.165) is 0 Å². The van der Waals surface area contributed by atoms with Crippen molar-refractivity contribution < 1.29 is 10.2 Å². The summed E-state index contributed by atoms with van der Waals surface area (Å²) < 4.78 is 0. The van der Waals surface area contributed by atoms with E-state index in [2.05, 4.69) is 6.92 Å². The molecule has 0 aliphatic rings. The smallest absolute Gasteiger partial charge is 0.137 e. The summed E-state index contributed by atoms with van der Waals surface area (Å²) in [5.41, 5.74) is 0.324. The van der Waals surface area contributed by atoms with Crippen LogP contribution < -0.4 is 0 Å². The second kappa shape index (κ2) is 2.39. The molecule has 0 bridgehead atoms. The van der Waals surface area contributed by atoms with E-state index in [1.165, 1.54) is 12.1 Å². The Morgan fingerprint density at radius 3 is 2.40 bits per heavy atom. The van der Waals surface area contributed by atoms with Gasteiger partial charge in [-0.3, -0.25) is 0 Å². The average Bonchev–Trinajstić information content (AvgIpc) is 1.82. The fraction of sp³-hybridized carbons (Fsp3) is 0. The summed E-state index contributed by atoms with van der Waals surface area (Å²) in [5, 5.41) is 18.0. The molecule has 2 nitrogen and oxygen atoms in total. The molecular weight excluding hydrogens is 152 g/mol. The molecule has 1 aromatic rings. The first kappa shape index (κ1) is 7.22. The fourth-order valence-corrected chi connectivity index (χ4v) is 0.873. The number of phenols is 2. The maximum atomic E-state index is 9.03. The van der Waals surface area contributed by atoms with Gasteiger partial charge in [0.15, 0.2) is 0 Å². The SMILES string of the molecule is [CH2]c1cc(O)cc(Cl)c1O. The van der Waals surface area contributed by atoms with Gasteiger partial charge in [-0.05, 0) is 18.6 Å². The van der Waals surface area contributed by atoms with Gasteiger partial charge in [0.1, 0.15) is 11.5 Å². The summed E-state index contributed by atoms with van der Waals surface area (Å²) in [5.74, 6) is -0.0766. The van der Waals surface area contributed by atoms with Crippen molar-refractivity contribution in [3.05, 3.63) is 29.6 Å². The number of hydrogen-bond donors (Lipinski definition) is 2. The van der Waals surface area contributed by atoms with E-state index in [1.54, 1.807) is 0 Å². The highest BCUT2D eigenvalue weighted by molar-refractivity contribution is 6.32. The van der Waals surface area contributed by atoms with Crippen molar-refractivity contribution in [3.63, 3.8) is 0 Å². The lowest BCUT2D eigenvalue weighted by Gasteiger charge is -2.00. The lowest BCUT2D eigenvalue weighted by Crippen LogP contribution is -1.75. The maximum Gasteiger partial charge on any atom is 0.137 e. The van der Waals surface area contributed by atoms with E-state index < -0.39 is 0 Å². The summed E-state index contributed by atoms with van der Waals surface area (Å²) >= 11 is 5.47. The Bertz CT molecular complexity index is 235. The zero-order valence-electron chi connectivity index (χ0n) is 5.13. The number of benzene rings is 1. The van der Waals surface area contributed by atoms with Crippen LogP contribution in [0.5, 0.6) is 11.5 Å².